The van der Waals surface area contributed by atoms with E-state index in [0.717, 1.165) is 29.1 Å². The van der Waals surface area contributed by atoms with Crippen LogP contribution in [0.2, 0.25) is 0 Å². The third-order valence-corrected chi connectivity index (χ3v) is 3.73. The van der Waals surface area contributed by atoms with Gasteiger partial charge in [-0.3, -0.25) is 4.98 Å². The molecular formula is C20H19NO. The Hall–Kier alpha value is -2.61. The number of hydrogen-bond donors (Lipinski definition) is 0. The van der Waals surface area contributed by atoms with Crippen molar-refractivity contribution in [3.05, 3.63) is 72.4 Å². The summed E-state index contributed by atoms with van der Waals surface area (Å²) < 4.78 is 5.22. The second-order valence-corrected chi connectivity index (χ2v) is 5.18. The van der Waals surface area contributed by atoms with Crippen molar-refractivity contribution in [3.8, 4) is 28.1 Å². The van der Waals surface area contributed by atoms with Crippen LogP contribution in [-0.2, 0) is 6.42 Å². The monoisotopic (exact) mass is 289 g/mol. The average molecular weight is 289 g/mol. The molecule has 22 heavy (non-hydrogen) atoms. The van der Waals surface area contributed by atoms with Crippen molar-refractivity contribution in [1.82, 2.24) is 4.98 Å². The highest BCUT2D eigenvalue weighted by Crippen LogP contribution is 2.27. The maximum atomic E-state index is 5.22. The quantitative estimate of drug-likeness (QED) is 0.675. The Morgan fingerprint density at radius 1 is 0.818 bits per heavy atom. The van der Waals surface area contributed by atoms with Crippen LogP contribution in [0.15, 0.2) is 66.7 Å². The first-order valence-electron chi connectivity index (χ1n) is 7.51. The van der Waals surface area contributed by atoms with Crippen molar-refractivity contribution < 1.29 is 4.74 Å². The molecule has 0 aliphatic carbocycles. The largest absolute Gasteiger partial charge is 0.497 e. The predicted octanol–water partition coefficient (Wildman–Crippen LogP) is 4.99. The van der Waals surface area contributed by atoms with Crippen molar-refractivity contribution in [2.24, 2.45) is 0 Å². The van der Waals surface area contributed by atoms with Crippen LogP contribution in [0.3, 0.4) is 0 Å². The Morgan fingerprint density at radius 2 is 1.55 bits per heavy atom. The number of methoxy groups -OCH3 is 1. The summed E-state index contributed by atoms with van der Waals surface area (Å²) in [6.07, 6.45) is 0.920. The molecule has 0 saturated carbocycles. The van der Waals surface area contributed by atoms with Gasteiger partial charge in [0.2, 0.25) is 0 Å². The van der Waals surface area contributed by atoms with E-state index in [-0.39, 0.29) is 0 Å². The lowest BCUT2D eigenvalue weighted by Crippen LogP contribution is -1.93. The summed E-state index contributed by atoms with van der Waals surface area (Å²) in [4.78, 5) is 4.76. The molecule has 2 heteroatoms. The van der Waals surface area contributed by atoms with Crippen LogP contribution in [-0.4, -0.2) is 12.1 Å². The number of rotatable bonds is 4. The highest BCUT2D eigenvalue weighted by atomic mass is 16.5. The molecule has 0 fully saturated rings. The van der Waals surface area contributed by atoms with Gasteiger partial charge >= 0.3 is 0 Å². The lowest BCUT2D eigenvalue weighted by atomic mass is 10.0. The Balaban J connectivity index is 2.07. The molecular weight excluding hydrogens is 270 g/mol. The van der Waals surface area contributed by atoms with Crippen LogP contribution >= 0.6 is 0 Å². The van der Waals surface area contributed by atoms with Crippen molar-refractivity contribution in [3.63, 3.8) is 0 Å². The number of aromatic nitrogens is 1. The second-order valence-electron chi connectivity index (χ2n) is 5.18. The molecule has 0 aliphatic heterocycles. The summed E-state index contributed by atoms with van der Waals surface area (Å²) in [7, 11) is 1.68. The van der Waals surface area contributed by atoms with Gasteiger partial charge in [0, 0.05) is 11.3 Å². The Labute approximate surface area is 131 Å². The molecule has 0 aliphatic rings. The van der Waals surface area contributed by atoms with Gasteiger partial charge < -0.3 is 4.74 Å². The van der Waals surface area contributed by atoms with Gasteiger partial charge in [0.15, 0.2) is 0 Å². The van der Waals surface area contributed by atoms with E-state index < -0.39 is 0 Å². The molecule has 0 unspecified atom stereocenters. The Bertz CT molecular complexity index is 748. The summed E-state index contributed by atoms with van der Waals surface area (Å²) in [5.41, 5.74) is 5.63. The molecule has 1 heterocycles. The molecule has 0 amide bonds. The molecule has 1 aromatic heterocycles. The van der Waals surface area contributed by atoms with Crippen molar-refractivity contribution >= 4 is 0 Å². The van der Waals surface area contributed by atoms with Crippen molar-refractivity contribution in [1.29, 1.82) is 0 Å². The summed E-state index contributed by atoms with van der Waals surface area (Å²) in [6, 6.07) is 22.8. The highest BCUT2D eigenvalue weighted by Gasteiger charge is 2.06. The third-order valence-electron chi connectivity index (χ3n) is 3.73. The predicted molar refractivity (Wildman–Crippen MR) is 91.0 cm³/mol. The normalized spacial score (nSPS) is 10.5. The van der Waals surface area contributed by atoms with Gasteiger partial charge in [-0.05, 0) is 53.9 Å². The van der Waals surface area contributed by atoms with Crippen LogP contribution < -0.4 is 4.74 Å². The van der Waals surface area contributed by atoms with E-state index in [1.807, 2.05) is 18.2 Å². The van der Waals surface area contributed by atoms with E-state index in [1.54, 1.807) is 7.11 Å². The molecule has 2 aromatic carbocycles. The molecule has 3 aromatic rings. The average Bonchev–Trinajstić information content (AvgIpc) is 2.62. The summed E-state index contributed by atoms with van der Waals surface area (Å²) in [5, 5.41) is 0. The zero-order chi connectivity index (χ0) is 15.4. The first kappa shape index (κ1) is 14.3. The Kier molecular flexibility index (Phi) is 4.19. The van der Waals surface area contributed by atoms with Gasteiger partial charge in [-0.15, -0.1) is 0 Å². The summed E-state index contributed by atoms with van der Waals surface area (Å²) >= 11 is 0. The lowest BCUT2D eigenvalue weighted by molar-refractivity contribution is 0.415. The van der Waals surface area contributed by atoms with E-state index in [0.29, 0.717) is 0 Å². The van der Waals surface area contributed by atoms with Gasteiger partial charge in [0.1, 0.15) is 5.75 Å². The van der Waals surface area contributed by atoms with Gasteiger partial charge in [0.05, 0.1) is 12.8 Å². The fourth-order valence-electron chi connectivity index (χ4n) is 2.48. The molecule has 0 radical (unpaired) electrons. The standard InChI is InChI=1S/C20H19NO/c1-3-18-13-17(15-7-5-4-6-8-15)14-20(21-18)16-9-11-19(22-2)12-10-16/h4-14H,3H2,1-2H3. The SMILES string of the molecule is CCc1cc(-c2ccccc2)cc(-c2ccc(OC)cc2)n1. The molecule has 2 nitrogen and oxygen atoms in total. The lowest BCUT2D eigenvalue weighted by Gasteiger charge is -2.09. The van der Waals surface area contributed by atoms with Gasteiger partial charge in [-0.25, -0.2) is 0 Å². The highest BCUT2D eigenvalue weighted by molar-refractivity contribution is 5.71. The molecule has 0 N–H and O–H groups in total. The third kappa shape index (κ3) is 3.01. The maximum Gasteiger partial charge on any atom is 0.118 e. The molecule has 0 bridgehead atoms. The van der Waals surface area contributed by atoms with E-state index in [4.69, 9.17) is 9.72 Å². The zero-order valence-electron chi connectivity index (χ0n) is 12.9. The van der Waals surface area contributed by atoms with Crippen LogP contribution in [0.5, 0.6) is 5.75 Å². The smallest absolute Gasteiger partial charge is 0.118 e. The fourth-order valence-corrected chi connectivity index (χ4v) is 2.48. The maximum absolute atomic E-state index is 5.22. The number of nitrogens with zero attached hydrogens (tertiary/aromatic N) is 1. The van der Waals surface area contributed by atoms with Crippen molar-refractivity contribution in [2.45, 2.75) is 13.3 Å². The second kappa shape index (κ2) is 6.44. The zero-order valence-corrected chi connectivity index (χ0v) is 12.9. The van der Waals surface area contributed by atoms with Gasteiger partial charge in [-0.1, -0.05) is 37.3 Å². The van der Waals surface area contributed by atoms with Gasteiger partial charge in [0.25, 0.3) is 0 Å². The Morgan fingerprint density at radius 3 is 2.18 bits per heavy atom. The summed E-state index contributed by atoms with van der Waals surface area (Å²) in [5.74, 6) is 0.860. The van der Waals surface area contributed by atoms with Crippen LogP contribution in [0.1, 0.15) is 12.6 Å². The fraction of sp³-hybridized carbons (Fsp3) is 0.150. The number of hydrogen-bond acceptors (Lipinski definition) is 2. The van der Waals surface area contributed by atoms with E-state index in [9.17, 15) is 0 Å². The number of ether oxygens (including phenoxy) is 1. The van der Waals surface area contributed by atoms with Crippen LogP contribution in [0, 0.1) is 0 Å². The number of pyridine rings is 1. The molecule has 110 valence electrons. The number of aryl methyl sites for hydroxylation is 1. The molecule has 0 spiro atoms. The first-order chi connectivity index (χ1) is 10.8. The van der Waals surface area contributed by atoms with E-state index in [1.165, 1.54) is 11.1 Å². The van der Waals surface area contributed by atoms with E-state index in [2.05, 4.69) is 55.5 Å². The molecule has 3 rings (SSSR count). The van der Waals surface area contributed by atoms with E-state index >= 15 is 0 Å². The summed E-state index contributed by atoms with van der Waals surface area (Å²) in [6.45, 7) is 2.13. The van der Waals surface area contributed by atoms with Crippen molar-refractivity contribution in [2.75, 3.05) is 7.11 Å². The van der Waals surface area contributed by atoms with Crippen LogP contribution in [0.25, 0.3) is 22.4 Å². The number of benzene rings is 2. The van der Waals surface area contributed by atoms with Gasteiger partial charge in [-0.2, -0.15) is 0 Å². The molecule has 0 saturated heterocycles. The minimum Gasteiger partial charge on any atom is -0.497 e. The minimum absolute atomic E-state index is 0.860. The topological polar surface area (TPSA) is 22.1 Å². The minimum atomic E-state index is 0.860. The van der Waals surface area contributed by atoms with Crippen LogP contribution in [0.4, 0.5) is 0 Å². The first-order valence-corrected chi connectivity index (χ1v) is 7.51. The molecule has 0 atom stereocenters.